The van der Waals surface area contributed by atoms with E-state index in [0.717, 1.165) is 28.9 Å². The molecule has 4 nitrogen and oxygen atoms in total. The molecule has 0 amide bonds. The number of hydrogen-bond donors (Lipinski definition) is 0. The van der Waals surface area contributed by atoms with Gasteiger partial charge in [0.25, 0.3) is 0 Å². The third-order valence-electron chi connectivity index (χ3n) is 3.40. The van der Waals surface area contributed by atoms with Crippen LogP contribution in [0.1, 0.15) is 39.2 Å². The van der Waals surface area contributed by atoms with Crippen LogP contribution in [-0.2, 0) is 4.74 Å². The fourth-order valence-corrected chi connectivity index (χ4v) is 3.35. The average molecular weight is 309 g/mol. The van der Waals surface area contributed by atoms with Gasteiger partial charge in [-0.1, -0.05) is 27.7 Å². The SMILES string of the molecule is CC.CC(C)c1csc2c(=O)cc(N3CCOCC3)oc12. The molecule has 0 N–H and O–H groups in total. The van der Waals surface area contributed by atoms with Gasteiger partial charge >= 0.3 is 0 Å². The molecule has 0 aromatic carbocycles. The predicted molar refractivity (Wildman–Crippen MR) is 88.8 cm³/mol. The lowest BCUT2D eigenvalue weighted by molar-refractivity contribution is 0.121. The molecule has 1 aliphatic rings. The molecule has 0 saturated carbocycles. The first kappa shape index (κ1) is 16.0. The van der Waals surface area contributed by atoms with Crippen LogP contribution in [0.4, 0.5) is 5.88 Å². The Morgan fingerprint density at radius 2 is 1.90 bits per heavy atom. The molecule has 0 radical (unpaired) electrons. The van der Waals surface area contributed by atoms with Crippen LogP contribution >= 0.6 is 11.3 Å². The van der Waals surface area contributed by atoms with E-state index in [2.05, 4.69) is 18.7 Å². The maximum Gasteiger partial charge on any atom is 0.204 e. The molecule has 1 fully saturated rings. The number of hydrogen-bond acceptors (Lipinski definition) is 5. The molecule has 0 spiro atoms. The predicted octanol–water partition coefficient (Wildman–Crippen LogP) is 3.84. The van der Waals surface area contributed by atoms with Crippen molar-refractivity contribution < 1.29 is 9.15 Å². The van der Waals surface area contributed by atoms with Crippen molar-refractivity contribution in [3.8, 4) is 0 Å². The molecule has 116 valence electrons. The Morgan fingerprint density at radius 1 is 1.24 bits per heavy atom. The van der Waals surface area contributed by atoms with Crippen molar-refractivity contribution in [2.75, 3.05) is 31.2 Å². The topological polar surface area (TPSA) is 42.7 Å². The van der Waals surface area contributed by atoms with Crippen LogP contribution < -0.4 is 10.3 Å². The summed E-state index contributed by atoms with van der Waals surface area (Å²) in [5.74, 6) is 1.03. The molecule has 21 heavy (non-hydrogen) atoms. The maximum atomic E-state index is 12.2. The number of morpholine rings is 1. The van der Waals surface area contributed by atoms with Crippen LogP contribution in [0.3, 0.4) is 0 Å². The van der Waals surface area contributed by atoms with Gasteiger partial charge in [-0.05, 0) is 11.3 Å². The van der Waals surface area contributed by atoms with Crippen LogP contribution in [-0.4, -0.2) is 26.3 Å². The fourth-order valence-electron chi connectivity index (χ4n) is 2.29. The first-order chi connectivity index (χ1) is 10.2. The van der Waals surface area contributed by atoms with Crippen molar-refractivity contribution in [2.24, 2.45) is 0 Å². The van der Waals surface area contributed by atoms with Gasteiger partial charge < -0.3 is 14.1 Å². The van der Waals surface area contributed by atoms with Crippen molar-refractivity contribution in [1.82, 2.24) is 0 Å². The van der Waals surface area contributed by atoms with Gasteiger partial charge in [0, 0.05) is 24.7 Å². The molecule has 0 atom stereocenters. The Labute approximate surface area is 129 Å². The van der Waals surface area contributed by atoms with Gasteiger partial charge in [0.15, 0.2) is 11.5 Å². The van der Waals surface area contributed by atoms with Crippen LogP contribution in [0.2, 0.25) is 0 Å². The number of ether oxygens (including phenoxy) is 1. The largest absolute Gasteiger partial charge is 0.439 e. The highest BCUT2D eigenvalue weighted by Crippen LogP contribution is 2.31. The van der Waals surface area contributed by atoms with E-state index in [1.165, 1.54) is 11.3 Å². The summed E-state index contributed by atoms with van der Waals surface area (Å²) in [6.45, 7) is 11.1. The molecule has 0 unspecified atom stereocenters. The van der Waals surface area contributed by atoms with E-state index in [9.17, 15) is 4.79 Å². The molecule has 0 aliphatic carbocycles. The second kappa shape index (κ2) is 7.09. The fraction of sp³-hybridized carbons (Fsp3) is 0.562. The Kier molecular flexibility index (Phi) is 5.42. The normalized spacial score (nSPS) is 15.2. The van der Waals surface area contributed by atoms with E-state index in [0.29, 0.717) is 25.0 Å². The van der Waals surface area contributed by atoms with Crippen molar-refractivity contribution in [3.05, 3.63) is 27.2 Å². The van der Waals surface area contributed by atoms with Gasteiger partial charge in [0.05, 0.1) is 13.2 Å². The van der Waals surface area contributed by atoms with E-state index in [4.69, 9.17) is 9.15 Å². The first-order valence-electron chi connectivity index (χ1n) is 7.55. The van der Waals surface area contributed by atoms with Gasteiger partial charge in [-0.2, -0.15) is 0 Å². The van der Waals surface area contributed by atoms with Gasteiger partial charge in [0.2, 0.25) is 5.43 Å². The van der Waals surface area contributed by atoms with Crippen molar-refractivity contribution >= 4 is 27.5 Å². The van der Waals surface area contributed by atoms with Crippen molar-refractivity contribution in [2.45, 2.75) is 33.6 Å². The maximum absolute atomic E-state index is 12.2. The van der Waals surface area contributed by atoms with Crippen LogP contribution in [0.25, 0.3) is 10.3 Å². The summed E-state index contributed by atoms with van der Waals surface area (Å²) < 4.78 is 12.0. The Balaban J connectivity index is 0.000000774. The minimum atomic E-state index is 0.0552. The standard InChI is InChI=1S/C14H17NO3S.C2H6/c1-9(2)10-8-19-14-11(16)7-12(18-13(10)14)15-3-5-17-6-4-15;1-2/h7-9H,3-6H2,1-2H3;1-2H3. The van der Waals surface area contributed by atoms with Gasteiger partial charge in [0.1, 0.15) is 4.70 Å². The zero-order chi connectivity index (χ0) is 15.4. The van der Waals surface area contributed by atoms with Crippen LogP contribution in [0, 0.1) is 0 Å². The summed E-state index contributed by atoms with van der Waals surface area (Å²) in [5, 5.41) is 2.03. The summed E-state index contributed by atoms with van der Waals surface area (Å²) in [5.41, 5.74) is 1.93. The summed E-state index contributed by atoms with van der Waals surface area (Å²) in [6, 6.07) is 1.61. The van der Waals surface area contributed by atoms with Crippen LogP contribution in [0.15, 0.2) is 20.7 Å². The zero-order valence-corrected chi connectivity index (χ0v) is 14.0. The molecule has 2 aromatic rings. The van der Waals surface area contributed by atoms with Crippen molar-refractivity contribution in [3.63, 3.8) is 0 Å². The smallest absolute Gasteiger partial charge is 0.204 e. The number of rotatable bonds is 2. The number of anilines is 1. The lowest BCUT2D eigenvalue weighted by Gasteiger charge is -2.27. The minimum absolute atomic E-state index is 0.0552. The monoisotopic (exact) mass is 309 g/mol. The quantitative estimate of drug-likeness (QED) is 0.845. The lowest BCUT2D eigenvalue weighted by atomic mass is 10.1. The molecule has 0 bridgehead atoms. The number of fused-ring (bicyclic) bond motifs is 1. The molecular formula is C16H23NO3S. The Bertz CT molecular complexity index is 638. The number of thiophene rings is 1. The second-order valence-corrected chi connectivity index (χ2v) is 5.93. The summed E-state index contributed by atoms with van der Waals surface area (Å²) >= 11 is 1.47. The first-order valence-corrected chi connectivity index (χ1v) is 8.42. The second-order valence-electron chi connectivity index (χ2n) is 5.05. The highest BCUT2D eigenvalue weighted by Gasteiger charge is 2.18. The molecule has 3 rings (SSSR count). The molecule has 1 aliphatic heterocycles. The molecule has 5 heteroatoms. The van der Waals surface area contributed by atoms with E-state index < -0.39 is 0 Å². The molecule has 1 saturated heterocycles. The Hall–Kier alpha value is -1.33. The van der Waals surface area contributed by atoms with Gasteiger partial charge in [-0.25, -0.2) is 0 Å². The summed E-state index contributed by atoms with van der Waals surface area (Å²) in [6.07, 6.45) is 0. The summed E-state index contributed by atoms with van der Waals surface area (Å²) in [4.78, 5) is 14.2. The van der Waals surface area contributed by atoms with E-state index in [1.54, 1.807) is 6.07 Å². The lowest BCUT2D eigenvalue weighted by Crippen LogP contribution is -2.36. The van der Waals surface area contributed by atoms with E-state index >= 15 is 0 Å². The third-order valence-corrected chi connectivity index (χ3v) is 4.40. The molecule has 3 heterocycles. The Morgan fingerprint density at radius 3 is 2.52 bits per heavy atom. The van der Waals surface area contributed by atoms with Gasteiger partial charge in [-0.3, -0.25) is 4.79 Å². The van der Waals surface area contributed by atoms with Crippen LogP contribution in [0.5, 0.6) is 0 Å². The minimum Gasteiger partial charge on any atom is -0.439 e. The average Bonchev–Trinajstić information content (AvgIpc) is 2.95. The number of nitrogens with zero attached hydrogens (tertiary/aromatic N) is 1. The van der Waals surface area contributed by atoms with E-state index in [-0.39, 0.29) is 5.43 Å². The van der Waals surface area contributed by atoms with Gasteiger partial charge in [-0.15, -0.1) is 11.3 Å². The molecular weight excluding hydrogens is 286 g/mol. The van der Waals surface area contributed by atoms with E-state index in [1.807, 2.05) is 19.2 Å². The third kappa shape index (κ3) is 3.30. The molecule has 2 aromatic heterocycles. The summed E-state index contributed by atoms with van der Waals surface area (Å²) in [7, 11) is 0. The highest BCUT2D eigenvalue weighted by molar-refractivity contribution is 7.17. The zero-order valence-electron chi connectivity index (χ0n) is 13.1. The highest BCUT2D eigenvalue weighted by atomic mass is 32.1. The van der Waals surface area contributed by atoms with Crippen molar-refractivity contribution in [1.29, 1.82) is 0 Å².